The smallest absolute Gasteiger partial charge is 0.377 e. The van der Waals surface area contributed by atoms with Crippen molar-refractivity contribution in [3.05, 3.63) is 34.4 Å². The van der Waals surface area contributed by atoms with E-state index in [2.05, 4.69) is 24.8 Å². The molecule has 0 atom stereocenters. The van der Waals surface area contributed by atoms with Gasteiger partial charge in [0.1, 0.15) is 12.2 Å². The summed E-state index contributed by atoms with van der Waals surface area (Å²) in [6.45, 7) is 3.81. The first-order valence-electron chi connectivity index (χ1n) is 5.63. The molecule has 2 aromatic heterocycles. The molecule has 0 aliphatic rings. The van der Waals surface area contributed by atoms with Crippen LogP contribution in [0.4, 0.5) is 0 Å². The van der Waals surface area contributed by atoms with Crippen LogP contribution >= 0.6 is 0 Å². The van der Waals surface area contributed by atoms with Crippen molar-refractivity contribution in [2.45, 2.75) is 19.8 Å². The molecule has 0 fully saturated rings. The lowest BCUT2D eigenvalue weighted by Crippen LogP contribution is -2.15. The van der Waals surface area contributed by atoms with Crippen LogP contribution in [0.5, 0.6) is 0 Å². The fourth-order valence-corrected chi connectivity index (χ4v) is 1.41. The monoisotopic (exact) mass is 263 g/mol. The van der Waals surface area contributed by atoms with Gasteiger partial charge in [-0.2, -0.15) is 0 Å². The van der Waals surface area contributed by atoms with Gasteiger partial charge in [0.15, 0.2) is 5.82 Å². The molecule has 100 valence electrons. The Kier molecular flexibility index (Phi) is 3.41. The van der Waals surface area contributed by atoms with Gasteiger partial charge in [-0.25, -0.2) is 19.4 Å². The van der Waals surface area contributed by atoms with E-state index in [-0.39, 0.29) is 17.3 Å². The number of nitrogens with zero attached hydrogens (tertiary/aromatic N) is 4. The summed E-state index contributed by atoms with van der Waals surface area (Å²) in [4.78, 5) is 33.5. The normalized spacial score (nSPS) is 10.7. The summed E-state index contributed by atoms with van der Waals surface area (Å²) in [5.41, 5.74) is -0.288. The van der Waals surface area contributed by atoms with E-state index in [9.17, 15) is 9.59 Å². The number of carbonyl (C=O) groups is 1. The predicted molar refractivity (Wildman–Crippen MR) is 65.2 cm³/mol. The summed E-state index contributed by atoms with van der Waals surface area (Å²) in [6, 6.07) is 1.28. The van der Waals surface area contributed by atoms with E-state index in [0.29, 0.717) is 11.6 Å². The van der Waals surface area contributed by atoms with Gasteiger partial charge in [0, 0.05) is 12.0 Å². The first-order chi connectivity index (χ1) is 9.01. The zero-order valence-corrected chi connectivity index (χ0v) is 10.7. The molecule has 0 radical (unpaired) electrons. The third kappa shape index (κ3) is 2.67. The third-order valence-electron chi connectivity index (χ3n) is 2.39. The lowest BCUT2D eigenvalue weighted by molar-refractivity contribution is 0.0587. The standard InChI is InChI=1S/C11H13N5O3/c1-6(2)9-13-7(4-8(17)14-9)16-5-12-10(15-16)11(18)19-3/h4-6H,1-3H3,(H,13,14,17). The van der Waals surface area contributed by atoms with Crippen LogP contribution in [-0.2, 0) is 4.74 Å². The molecule has 1 N–H and O–H groups in total. The minimum Gasteiger partial charge on any atom is -0.463 e. The Morgan fingerprint density at radius 3 is 2.84 bits per heavy atom. The molecule has 0 aliphatic carbocycles. The fourth-order valence-electron chi connectivity index (χ4n) is 1.41. The lowest BCUT2D eigenvalue weighted by Gasteiger charge is -2.05. The van der Waals surface area contributed by atoms with Gasteiger partial charge < -0.3 is 9.72 Å². The first kappa shape index (κ1) is 12.9. The van der Waals surface area contributed by atoms with Gasteiger partial charge in [-0.15, -0.1) is 5.10 Å². The number of nitrogens with one attached hydrogen (secondary N) is 1. The van der Waals surface area contributed by atoms with E-state index in [1.54, 1.807) is 0 Å². The second-order valence-electron chi connectivity index (χ2n) is 4.15. The SMILES string of the molecule is COC(=O)c1ncn(-c2cc(=O)[nH]c(C(C)C)n2)n1. The molecule has 2 rings (SSSR count). The van der Waals surface area contributed by atoms with Gasteiger partial charge in [-0.3, -0.25) is 4.79 Å². The maximum absolute atomic E-state index is 11.5. The molecular weight excluding hydrogens is 250 g/mol. The maximum Gasteiger partial charge on any atom is 0.377 e. The number of aromatic amines is 1. The quantitative estimate of drug-likeness (QED) is 0.797. The highest BCUT2D eigenvalue weighted by atomic mass is 16.5. The number of carbonyl (C=O) groups excluding carboxylic acids is 1. The maximum atomic E-state index is 11.5. The molecule has 19 heavy (non-hydrogen) atoms. The van der Waals surface area contributed by atoms with Crippen molar-refractivity contribution in [1.29, 1.82) is 0 Å². The van der Waals surface area contributed by atoms with Crippen LogP contribution in [0.3, 0.4) is 0 Å². The summed E-state index contributed by atoms with van der Waals surface area (Å²) in [7, 11) is 1.24. The third-order valence-corrected chi connectivity index (χ3v) is 2.39. The average molecular weight is 263 g/mol. The van der Waals surface area contributed by atoms with Gasteiger partial charge in [-0.1, -0.05) is 13.8 Å². The van der Waals surface area contributed by atoms with Gasteiger partial charge in [0.05, 0.1) is 7.11 Å². The van der Waals surface area contributed by atoms with Gasteiger partial charge in [0.2, 0.25) is 0 Å². The Balaban J connectivity index is 2.44. The number of rotatable bonds is 3. The molecule has 8 nitrogen and oxygen atoms in total. The molecule has 0 aliphatic heterocycles. The molecule has 0 bridgehead atoms. The van der Waals surface area contributed by atoms with Crippen molar-refractivity contribution in [2.75, 3.05) is 7.11 Å². The molecule has 0 saturated heterocycles. The Bertz CT molecular complexity index is 658. The van der Waals surface area contributed by atoms with Gasteiger partial charge in [-0.05, 0) is 0 Å². The minimum absolute atomic E-state index is 0.0660. The molecule has 0 saturated carbocycles. The van der Waals surface area contributed by atoms with Crippen LogP contribution in [0.2, 0.25) is 0 Å². The zero-order chi connectivity index (χ0) is 14.0. The Morgan fingerprint density at radius 2 is 2.21 bits per heavy atom. The number of ether oxygens (including phenoxy) is 1. The van der Waals surface area contributed by atoms with E-state index in [0.717, 1.165) is 0 Å². The van der Waals surface area contributed by atoms with Crippen LogP contribution in [0.25, 0.3) is 5.82 Å². The summed E-state index contributed by atoms with van der Waals surface area (Å²) >= 11 is 0. The van der Waals surface area contributed by atoms with Crippen molar-refractivity contribution < 1.29 is 9.53 Å². The van der Waals surface area contributed by atoms with Crippen molar-refractivity contribution in [2.24, 2.45) is 0 Å². The number of esters is 1. The number of aromatic nitrogens is 5. The molecule has 2 heterocycles. The number of hydrogen-bond acceptors (Lipinski definition) is 6. The highest BCUT2D eigenvalue weighted by Crippen LogP contribution is 2.08. The van der Waals surface area contributed by atoms with Crippen LogP contribution in [0.1, 0.15) is 36.2 Å². The average Bonchev–Trinajstić information content (AvgIpc) is 2.86. The van der Waals surface area contributed by atoms with E-state index < -0.39 is 5.97 Å². The van der Waals surface area contributed by atoms with Crippen molar-refractivity contribution >= 4 is 5.97 Å². The highest BCUT2D eigenvalue weighted by Gasteiger charge is 2.13. The van der Waals surface area contributed by atoms with Crippen molar-refractivity contribution in [3.63, 3.8) is 0 Å². The second-order valence-corrected chi connectivity index (χ2v) is 4.15. The van der Waals surface area contributed by atoms with Crippen LogP contribution in [0.15, 0.2) is 17.2 Å². The van der Waals surface area contributed by atoms with Gasteiger partial charge >= 0.3 is 5.97 Å². The molecule has 0 aromatic carbocycles. The molecular formula is C11H13N5O3. The van der Waals surface area contributed by atoms with E-state index in [1.807, 2.05) is 13.8 Å². The van der Waals surface area contributed by atoms with Crippen molar-refractivity contribution in [3.8, 4) is 5.82 Å². The molecule has 2 aromatic rings. The minimum atomic E-state index is -0.646. The first-order valence-corrected chi connectivity index (χ1v) is 5.63. The fraction of sp³-hybridized carbons (Fsp3) is 0.364. The number of H-pyrrole nitrogens is 1. The summed E-state index contributed by atoms with van der Waals surface area (Å²) in [5.74, 6) is 0.173. The zero-order valence-electron chi connectivity index (χ0n) is 10.7. The number of methoxy groups -OCH3 is 1. The Hall–Kier alpha value is -2.51. The highest BCUT2D eigenvalue weighted by molar-refractivity contribution is 5.84. The van der Waals surface area contributed by atoms with Crippen LogP contribution in [0, 0.1) is 0 Å². The van der Waals surface area contributed by atoms with E-state index >= 15 is 0 Å². The molecule has 0 spiro atoms. The van der Waals surface area contributed by atoms with Gasteiger partial charge in [0.25, 0.3) is 11.4 Å². The van der Waals surface area contributed by atoms with Crippen molar-refractivity contribution in [1.82, 2.24) is 24.7 Å². The summed E-state index contributed by atoms with van der Waals surface area (Å²) in [5, 5.41) is 3.91. The molecule has 0 unspecified atom stereocenters. The predicted octanol–water partition coefficient (Wildman–Crippen LogP) is 0.261. The topological polar surface area (TPSA) is 103 Å². The summed E-state index contributed by atoms with van der Waals surface area (Å²) < 4.78 is 5.76. The lowest BCUT2D eigenvalue weighted by atomic mass is 10.2. The Morgan fingerprint density at radius 1 is 1.47 bits per heavy atom. The Labute approximate surface area is 108 Å². The second kappa shape index (κ2) is 5.01. The summed E-state index contributed by atoms with van der Waals surface area (Å²) in [6.07, 6.45) is 1.30. The number of hydrogen-bond donors (Lipinski definition) is 1. The largest absolute Gasteiger partial charge is 0.463 e. The van der Waals surface area contributed by atoms with Crippen LogP contribution < -0.4 is 5.56 Å². The van der Waals surface area contributed by atoms with Crippen LogP contribution in [-0.4, -0.2) is 37.8 Å². The van der Waals surface area contributed by atoms with E-state index in [1.165, 1.54) is 24.2 Å². The van der Waals surface area contributed by atoms with E-state index in [4.69, 9.17) is 0 Å². The molecule has 0 amide bonds. The molecule has 8 heteroatoms.